The molecule has 0 bridgehead atoms. The maximum Gasteiger partial charge on any atom is 0.188 e. The Hall–Kier alpha value is -3.35. The highest BCUT2D eigenvalue weighted by Gasteiger charge is 2.20. The fourth-order valence-corrected chi connectivity index (χ4v) is 3.48. The van der Waals surface area contributed by atoms with Crippen LogP contribution >= 0.6 is 0 Å². The molecule has 5 rings (SSSR count). The first-order chi connectivity index (χ1) is 13.2. The number of aromatic nitrogens is 4. The summed E-state index contributed by atoms with van der Waals surface area (Å²) in [4.78, 5) is 2.12. The molecule has 7 heteroatoms. The molecule has 2 aromatic heterocycles. The summed E-state index contributed by atoms with van der Waals surface area (Å²) >= 11 is 0. The van der Waals surface area contributed by atoms with Crippen LogP contribution in [0.25, 0.3) is 17.0 Å². The van der Waals surface area contributed by atoms with Crippen LogP contribution in [-0.2, 0) is 13.0 Å². The van der Waals surface area contributed by atoms with Gasteiger partial charge in [0.05, 0.1) is 5.56 Å². The Labute approximate surface area is 153 Å². The molecule has 5 nitrogen and oxygen atoms in total. The van der Waals surface area contributed by atoms with Gasteiger partial charge in [-0.2, -0.15) is 4.52 Å². The number of halogens is 2. The highest BCUT2D eigenvalue weighted by molar-refractivity contribution is 5.60. The van der Waals surface area contributed by atoms with Gasteiger partial charge in [-0.05, 0) is 53.9 Å². The minimum absolute atomic E-state index is 0.208. The van der Waals surface area contributed by atoms with Crippen LogP contribution in [0.3, 0.4) is 0 Å². The molecule has 1 aliphatic heterocycles. The van der Waals surface area contributed by atoms with Crippen molar-refractivity contribution in [2.75, 3.05) is 11.4 Å². The Bertz CT molecular complexity index is 1150. The molecule has 0 atom stereocenters. The first-order valence-corrected chi connectivity index (χ1v) is 8.69. The van der Waals surface area contributed by atoms with Crippen molar-refractivity contribution in [3.63, 3.8) is 0 Å². The van der Waals surface area contributed by atoms with E-state index in [1.54, 1.807) is 28.8 Å². The average Bonchev–Trinajstić information content (AvgIpc) is 3.11. The molecule has 0 saturated heterocycles. The second kappa shape index (κ2) is 6.12. The van der Waals surface area contributed by atoms with Crippen LogP contribution in [-0.4, -0.2) is 26.4 Å². The number of benzene rings is 2. The van der Waals surface area contributed by atoms with E-state index in [1.165, 1.54) is 12.1 Å². The van der Waals surface area contributed by atoms with E-state index in [4.69, 9.17) is 0 Å². The first-order valence-electron chi connectivity index (χ1n) is 8.69. The summed E-state index contributed by atoms with van der Waals surface area (Å²) in [5.74, 6) is 0.535. The zero-order valence-corrected chi connectivity index (χ0v) is 14.3. The van der Waals surface area contributed by atoms with E-state index in [2.05, 4.69) is 20.2 Å². The first kappa shape index (κ1) is 15.9. The van der Waals surface area contributed by atoms with Crippen LogP contribution in [0.2, 0.25) is 0 Å². The van der Waals surface area contributed by atoms with Crippen LogP contribution in [0.1, 0.15) is 11.1 Å². The predicted molar refractivity (Wildman–Crippen MR) is 97.3 cm³/mol. The van der Waals surface area contributed by atoms with Crippen LogP contribution in [0.15, 0.2) is 54.6 Å². The average molecular weight is 363 g/mol. The summed E-state index contributed by atoms with van der Waals surface area (Å²) in [6, 6.07) is 15.0. The van der Waals surface area contributed by atoms with Crippen molar-refractivity contribution in [3.8, 4) is 11.4 Å². The summed E-state index contributed by atoms with van der Waals surface area (Å²) < 4.78 is 29.2. The molecule has 27 heavy (non-hydrogen) atoms. The zero-order chi connectivity index (χ0) is 18.4. The Morgan fingerprint density at radius 1 is 0.889 bits per heavy atom. The number of anilines is 1. The maximum atomic E-state index is 14.2. The predicted octanol–water partition coefficient (Wildman–Crippen LogP) is 3.63. The van der Waals surface area contributed by atoms with Crippen molar-refractivity contribution in [1.29, 1.82) is 0 Å². The van der Waals surface area contributed by atoms with Gasteiger partial charge in [-0.1, -0.05) is 18.2 Å². The summed E-state index contributed by atoms with van der Waals surface area (Å²) in [5, 5.41) is 12.8. The largest absolute Gasteiger partial charge is 0.351 e. The molecular weight excluding hydrogens is 348 g/mol. The minimum atomic E-state index is -0.368. The van der Waals surface area contributed by atoms with Gasteiger partial charge in [0.1, 0.15) is 17.5 Å². The van der Waals surface area contributed by atoms with E-state index in [0.29, 0.717) is 23.6 Å². The number of nitrogens with zero attached hydrogens (tertiary/aromatic N) is 5. The van der Waals surface area contributed by atoms with E-state index in [1.807, 2.05) is 18.2 Å². The van der Waals surface area contributed by atoms with Gasteiger partial charge in [-0.3, -0.25) is 0 Å². The topological polar surface area (TPSA) is 46.3 Å². The van der Waals surface area contributed by atoms with Crippen molar-refractivity contribution in [1.82, 2.24) is 19.8 Å². The SMILES string of the molecule is Fc1ccc2c(c1)CCN(c1ccc3nnc(-c4ccccc4F)n3n1)C2. The Kier molecular flexibility index (Phi) is 3.60. The molecule has 2 aromatic carbocycles. The van der Waals surface area contributed by atoms with Crippen molar-refractivity contribution >= 4 is 11.5 Å². The van der Waals surface area contributed by atoms with Gasteiger partial charge in [-0.25, -0.2) is 8.78 Å². The van der Waals surface area contributed by atoms with Gasteiger partial charge in [0.25, 0.3) is 0 Å². The zero-order valence-electron chi connectivity index (χ0n) is 14.3. The summed E-state index contributed by atoms with van der Waals surface area (Å²) in [6.07, 6.45) is 0.745. The van der Waals surface area contributed by atoms with Crippen molar-refractivity contribution < 1.29 is 8.78 Å². The van der Waals surface area contributed by atoms with Gasteiger partial charge in [0.2, 0.25) is 0 Å². The third kappa shape index (κ3) is 2.71. The molecule has 0 aliphatic carbocycles. The molecule has 0 fully saturated rings. The van der Waals surface area contributed by atoms with E-state index in [0.717, 1.165) is 29.9 Å². The van der Waals surface area contributed by atoms with Crippen molar-refractivity contribution in [2.45, 2.75) is 13.0 Å². The lowest BCUT2D eigenvalue weighted by Gasteiger charge is -2.29. The smallest absolute Gasteiger partial charge is 0.188 e. The number of fused-ring (bicyclic) bond motifs is 2. The molecule has 0 amide bonds. The van der Waals surface area contributed by atoms with E-state index < -0.39 is 0 Å². The number of hydrogen-bond acceptors (Lipinski definition) is 4. The quantitative estimate of drug-likeness (QED) is 0.546. The van der Waals surface area contributed by atoms with Crippen molar-refractivity contribution in [3.05, 3.63) is 77.4 Å². The van der Waals surface area contributed by atoms with Gasteiger partial charge in [0.15, 0.2) is 11.5 Å². The molecule has 0 radical (unpaired) electrons. The molecular formula is C20H15F2N5. The molecule has 0 N–H and O–H groups in total. The highest BCUT2D eigenvalue weighted by Crippen LogP contribution is 2.26. The Morgan fingerprint density at radius 2 is 1.78 bits per heavy atom. The summed E-state index contributed by atoms with van der Waals surface area (Å²) in [5.41, 5.74) is 3.02. The van der Waals surface area contributed by atoms with Crippen LogP contribution in [0.5, 0.6) is 0 Å². The lowest BCUT2D eigenvalue weighted by atomic mass is 10.00. The standard InChI is InChI=1S/C20H15F2N5/c21-15-6-5-14-12-26(10-9-13(14)11-15)19-8-7-18-23-24-20(27(18)25-19)16-3-1-2-4-17(16)22/h1-8,11H,9-10,12H2. The second-order valence-corrected chi connectivity index (χ2v) is 6.55. The monoisotopic (exact) mass is 363 g/mol. The molecule has 4 aromatic rings. The fraction of sp³-hybridized carbons (Fsp3) is 0.150. The number of rotatable bonds is 2. The van der Waals surface area contributed by atoms with Crippen LogP contribution < -0.4 is 4.90 Å². The second-order valence-electron chi connectivity index (χ2n) is 6.55. The van der Waals surface area contributed by atoms with Gasteiger partial charge in [0, 0.05) is 13.1 Å². The number of hydrogen-bond donors (Lipinski definition) is 0. The van der Waals surface area contributed by atoms with E-state index in [-0.39, 0.29) is 11.6 Å². The normalized spacial score (nSPS) is 13.8. The molecule has 134 valence electrons. The van der Waals surface area contributed by atoms with Gasteiger partial charge >= 0.3 is 0 Å². The fourth-order valence-electron chi connectivity index (χ4n) is 3.48. The van der Waals surface area contributed by atoms with E-state index in [9.17, 15) is 8.78 Å². The molecule has 0 unspecified atom stereocenters. The van der Waals surface area contributed by atoms with Gasteiger partial charge < -0.3 is 4.90 Å². The molecule has 0 spiro atoms. The minimum Gasteiger partial charge on any atom is -0.351 e. The lowest BCUT2D eigenvalue weighted by molar-refractivity contribution is 0.618. The highest BCUT2D eigenvalue weighted by atomic mass is 19.1. The molecule has 1 aliphatic rings. The van der Waals surface area contributed by atoms with Crippen LogP contribution in [0.4, 0.5) is 14.6 Å². The Morgan fingerprint density at radius 3 is 2.67 bits per heavy atom. The molecule has 3 heterocycles. The van der Waals surface area contributed by atoms with Crippen LogP contribution in [0, 0.1) is 11.6 Å². The summed E-state index contributed by atoms with van der Waals surface area (Å²) in [7, 11) is 0. The van der Waals surface area contributed by atoms with Gasteiger partial charge in [-0.15, -0.1) is 15.3 Å². The third-order valence-electron chi connectivity index (χ3n) is 4.87. The Balaban J connectivity index is 1.54. The maximum absolute atomic E-state index is 14.2. The molecule has 0 saturated carbocycles. The summed E-state index contributed by atoms with van der Waals surface area (Å²) in [6.45, 7) is 1.37. The van der Waals surface area contributed by atoms with Crippen molar-refractivity contribution in [2.24, 2.45) is 0 Å². The lowest BCUT2D eigenvalue weighted by Crippen LogP contribution is -2.31. The van der Waals surface area contributed by atoms with E-state index >= 15 is 0 Å². The third-order valence-corrected chi connectivity index (χ3v) is 4.87.